The number of phenols is 1. The number of aryl methyl sites for hydroxylation is 1. The topological polar surface area (TPSA) is 89.5 Å². The second-order valence-electron chi connectivity index (χ2n) is 5.65. The molecule has 1 aliphatic rings. The van der Waals surface area contributed by atoms with Crippen molar-refractivity contribution in [1.29, 1.82) is 0 Å². The van der Waals surface area contributed by atoms with Crippen molar-refractivity contribution in [2.45, 2.75) is 6.92 Å². The summed E-state index contributed by atoms with van der Waals surface area (Å²) in [6.07, 6.45) is 0. The smallest absolute Gasteiger partial charge is 0.256 e. The molecular weight excluding hydrogens is 315 g/mol. The van der Waals surface area contributed by atoms with Crippen LogP contribution in [0.1, 0.15) is 16.1 Å². The van der Waals surface area contributed by atoms with Gasteiger partial charge in [0.15, 0.2) is 0 Å². The minimum absolute atomic E-state index is 0.0664. The summed E-state index contributed by atoms with van der Waals surface area (Å²) in [4.78, 5) is 34.3. The second kappa shape index (κ2) is 6.31. The van der Waals surface area contributed by atoms with Gasteiger partial charge >= 0.3 is 0 Å². The van der Waals surface area contributed by atoms with Gasteiger partial charge in [-0.2, -0.15) is 0 Å². The molecule has 8 heteroatoms. The standard InChI is InChI=1S/C16H17FN4O3/c1-10-8-14(23)19-16(18-10)21-6-4-20(5-7-21)15(24)12-3-2-11(22)9-13(12)17/h2-3,8-9,22H,4-7H2,1H3,(H,18,19,23). The lowest BCUT2D eigenvalue weighted by molar-refractivity contribution is 0.0741. The Kier molecular flexibility index (Phi) is 4.20. The van der Waals surface area contributed by atoms with E-state index in [4.69, 9.17) is 0 Å². The predicted octanol–water partition coefficient (Wildman–Crippen LogP) is 0.885. The average Bonchev–Trinajstić information content (AvgIpc) is 2.53. The Bertz CT molecular complexity index is 828. The monoisotopic (exact) mass is 332 g/mol. The minimum atomic E-state index is -0.743. The van der Waals surface area contributed by atoms with E-state index in [-0.39, 0.29) is 16.9 Å². The van der Waals surface area contributed by atoms with Gasteiger partial charge in [-0.05, 0) is 19.1 Å². The summed E-state index contributed by atoms with van der Waals surface area (Å²) in [5, 5.41) is 9.23. The summed E-state index contributed by atoms with van der Waals surface area (Å²) >= 11 is 0. The summed E-state index contributed by atoms with van der Waals surface area (Å²) < 4.78 is 13.8. The van der Waals surface area contributed by atoms with Crippen molar-refractivity contribution in [3.05, 3.63) is 51.7 Å². The van der Waals surface area contributed by atoms with Gasteiger partial charge < -0.3 is 14.9 Å². The van der Waals surface area contributed by atoms with Crippen LogP contribution in [-0.2, 0) is 0 Å². The predicted molar refractivity (Wildman–Crippen MR) is 85.8 cm³/mol. The Morgan fingerprint density at radius 2 is 1.96 bits per heavy atom. The molecule has 2 aromatic rings. The Morgan fingerprint density at radius 1 is 1.25 bits per heavy atom. The molecule has 126 valence electrons. The van der Waals surface area contributed by atoms with Crippen LogP contribution in [0.4, 0.5) is 10.3 Å². The molecule has 1 amide bonds. The van der Waals surface area contributed by atoms with Gasteiger partial charge in [-0.1, -0.05) is 0 Å². The van der Waals surface area contributed by atoms with Crippen molar-refractivity contribution in [1.82, 2.24) is 14.9 Å². The summed E-state index contributed by atoms with van der Waals surface area (Å²) in [5.41, 5.74) is 0.337. The van der Waals surface area contributed by atoms with E-state index >= 15 is 0 Å². The maximum Gasteiger partial charge on any atom is 0.256 e. The van der Waals surface area contributed by atoms with Crippen molar-refractivity contribution >= 4 is 11.9 Å². The number of benzene rings is 1. The first-order valence-corrected chi connectivity index (χ1v) is 7.55. The van der Waals surface area contributed by atoms with E-state index < -0.39 is 11.7 Å². The molecule has 7 nitrogen and oxygen atoms in total. The number of carbonyl (C=O) groups is 1. The highest BCUT2D eigenvalue weighted by atomic mass is 19.1. The number of aromatic hydroxyl groups is 1. The Balaban J connectivity index is 1.70. The number of anilines is 1. The molecule has 1 saturated heterocycles. The van der Waals surface area contributed by atoms with E-state index in [0.717, 1.165) is 6.07 Å². The molecule has 0 bridgehead atoms. The highest BCUT2D eigenvalue weighted by molar-refractivity contribution is 5.94. The van der Waals surface area contributed by atoms with Gasteiger partial charge in [0.2, 0.25) is 5.95 Å². The van der Waals surface area contributed by atoms with Crippen LogP contribution in [0.15, 0.2) is 29.1 Å². The van der Waals surface area contributed by atoms with Gasteiger partial charge in [0, 0.05) is 44.0 Å². The van der Waals surface area contributed by atoms with Crippen LogP contribution in [-0.4, -0.2) is 52.1 Å². The summed E-state index contributed by atoms with van der Waals surface area (Å²) in [7, 11) is 0. The number of phenolic OH excluding ortho intramolecular Hbond substituents is 1. The number of hydrogen-bond donors (Lipinski definition) is 2. The zero-order chi connectivity index (χ0) is 17.3. The fourth-order valence-electron chi connectivity index (χ4n) is 2.68. The minimum Gasteiger partial charge on any atom is -0.508 e. The van der Waals surface area contributed by atoms with E-state index in [2.05, 4.69) is 9.97 Å². The van der Waals surface area contributed by atoms with Crippen molar-refractivity contribution in [2.24, 2.45) is 0 Å². The molecule has 1 aromatic carbocycles. The van der Waals surface area contributed by atoms with Gasteiger partial charge in [0.05, 0.1) is 5.56 Å². The number of H-pyrrole nitrogens is 1. The lowest BCUT2D eigenvalue weighted by Crippen LogP contribution is -2.49. The molecule has 0 saturated carbocycles. The van der Waals surface area contributed by atoms with Crippen molar-refractivity contribution in [3.8, 4) is 5.75 Å². The third-order valence-corrected chi connectivity index (χ3v) is 3.91. The highest BCUT2D eigenvalue weighted by Crippen LogP contribution is 2.18. The number of nitrogens with one attached hydrogen (secondary N) is 1. The Morgan fingerprint density at radius 3 is 2.58 bits per heavy atom. The normalized spacial score (nSPS) is 14.8. The summed E-state index contributed by atoms with van der Waals surface area (Å²) in [6, 6.07) is 4.90. The Labute approximate surface area is 137 Å². The SMILES string of the molecule is Cc1cc(=O)[nH]c(N2CCN(C(=O)c3ccc(O)cc3F)CC2)n1. The second-order valence-corrected chi connectivity index (χ2v) is 5.65. The van der Waals surface area contributed by atoms with E-state index in [1.165, 1.54) is 18.2 Å². The van der Waals surface area contributed by atoms with Crippen LogP contribution in [0.2, 0.25) is 0 Å². The quantitative estimate of drug-likeness (QED) is 0.852. The highest BCUT2D eigenvalue weighted by Gasteiger charge is 2.25. The number of aromatic amines is 1. The lowest BCUT2D eigenvalue weighted by atomic mass is 10.1. The number of nitrogens with zero attached hydrogens (tertiary/aromatic N) is 3. The first kappa shape index (κ1) is 16.0. The molecule has 0 radical (unpaired) electrons. The fourth-order valence-corrected chi connectivity index (χ4v) is 2.68. The first-order chi connectivity index (χ1) is 11.4. The van der Waals surface area contributed by atoms with Crippen LogP contribution in [0.25, 0.3) is 0 Å². The summed E-state index contributed by atoms with van der Waals surface area (Å²) in [6.45, 7) is 3.48. The van der Waals surface area contributed by atoms with Gasteiger partial charge in [0.1, 0.15) is 11.6 Å². The van der Waals surface area contributed by atoms with Crippen LogP contribution in [0.3, 0.4) is 0 Å². The molecule has 0 atom stereocenters. The van der Waals surface area contributed by atoms with E-state index in [9.17, 15) is 19.1 Å². The van der Waals surface area contributed by atoms with Crippen LogP contribution >= 0.6 is 0 Å². The zero-order valence-corrected chi connectivity index (χ0v) is 13.1. The number of piperazine rings is 1. The van der Waals surface area contributed by atoms with E-state index in [0.29, 0.717) is 37.8 Å². The largest absolute Gasteiger partial charge is 0.508 e. The molecule has 1 fully saturated rings. The van der Waals surface area contributed by atoms with Crippen molar-refractivity contribution in [2.75, 3.05) is 31.1 Å². The van der Waals surface area contributed by atoms with Crippen molar-refractivity contribution in [3.63, 3.8) is 0 Å². The average molecular weight is 332 g/mol. The van der Waals surface area contributed by atoms with Crippen LogP contribution in [0, 0.1) is 12.7 Å². The summed E-state index contributed by atoms with van der Waals surface area (Å²) in [5.74, 6) is -0.906. The molecule has 3 rings (SSSR count). The van der Waals surface area contributed by atoms with Gasteiger partial charge in [0.25, 0.3) is 11.5 Å². The lowest BCUT2D eigenvalue weighted by Gasteiger charge is -2.35. The molecule has 0 unspecified atom stereocenters. The Hall–Kier alpha value is -2.90. The molecule has 2 N–H and O–H groups in total. The third-order valence-electron chi connectivity index (χ3n) is 3.91. The number of halogens is 1. The van der Waals surface area contributed by atoms with Crippen LogP contribution in [0.5, 0.6) is 5.75 Å². The number of rotatable bonds is 2. The first-order valence-electron chi connectivity index (χ1n) is 7.55. The zero-order valence-electron chi connectivity index (χ0n) is 13.1. The molecule has 2 heterocycles. The van der Waals surface area contributed by atoms with Gasteiger partial charge in [-0.25, -0.2) is 9.37 Å². The number of amides is 1. The number of aromatic nitrogens is 2. The maximum atomic E-state index is 13.8. The molecule has 1 aliphatic heterocycles. The third kappa shape index (κ3) is 3.22. The van der Waals surface area contributed by atoms with Crippen LogP contribution < -0.4 is 10.5 Å². The molecule has 0 aliphatic carbocycles. The van der Waals surface area contributed by atoms with E-state index in [1.54, 1.807) is 11.8 Å². The molecule has 0 spiro atoms. The number of carbonyl (C=O) groups excluding carboxylic acids is 1. The molecule has 1 aromatic heterocycles. The van der Waals surface area contributed by atoms with Gasteiger partial charge in [-0.15, -0.1) is 0 Å². The number of hydrogen-bond acceptors (Lipinski definition) is 5. The maximum absolute atomic E-state index is 13.8. The van der Waals surface area contributed by atoms with E-state index in [1.807, 2.05) is 4.90 Å². The van der Waals surface area contributed by atoms with Gasteiger partial charge in [-0.3, -0.25) is 14.6 Å². The van der Waals surface area contributed by atoms with Crippen molar-refractivity contribution < 1.29 is 14.3 Å². The molecule has 24 heavy (non-hydrogen) atoms. The molecular formula is C16H17FN4O3. The fraction of sp³-hybridized carbons (Fsp3) is 0.312.